The van der Waals surface area contributed by atoms with Crippen molar-refractivity contribution in [1.82, 2.24) is 5.32 Å². The molecule has 2 nitrogen and oxygen atoms in total. The van der Waals surface area contributed by atoms with Gasteiger partial charge in [-0.2, -0.15) is 0 Å². The molecule has 1 aliphatic carbocycles. The van der Waals surface area contributed by atoms with E-state index in [1.807, 2.05) is 0 Å². The van der Waals surface area contributed by atoms with Gasteiger partial charge in [0.2, 0.25) is 0 Å². The highest BCUT2D eigenvalue weighted by molar-refractivity contribution is 9.10. The summed E-state index contributed by atoms with van der Waals surface area (Å²) >= 11 is 3.55. The van der Waals surface area contributed by atoms with E-state index < -0.39 is 0 Å². The van der Waals surface area contributed by atoms with Gasteiger partial charge in [-0.1, -0.05) is 15.9 Å². The zero-order chi connectivity index (χ0) is 11.5. The zero-order valence-electron chi connectivity index (χ0n) is 9.85. The zero-order valence-corrected chi connectivity index (χ0v) is 11.4. The first-order chi connectivity index (χ1) is 7.66. The van der Waals surface area contributed by atoms with Gasteiger partial charge in [-0.3, -0.25) is 0 Å². The Hall–Kier alpha value is -0.540. The van der Waals surface area contributed by atoms with Crippen LogP contribution in [0.2, 0.25) is 0 Å². The van der Waals surface area contributed by atoms with E-state index in [-0.39, 0.29) is 0 Å². The van der Waals surface area contributed by atoms with Crippen LogP contribution in [0.25, 0.3) is 0 Å². The molecule has 0 spiro atoms. The van der Waals surface area contributed by atoms with Crippen LogP contribution in [0.1, 0.15) is 24.0 Å². The Morgan fingerprint density at radius 3 is 2.50 bits per heavy atom. The molecule has 3 heteroatoms. The van der Waals surface area contributed by atoms with Crippen LogP contribution in [0.4, 0.5) is 0 Å². The minimum Gasteiger partial charge on any atom is -0.492 e. The first-order valence-electron chi connectivity index (χ1n) is 5.80. The van der Waals surface area contributed by atoms with Gasteiger partial charge in [0.05, 0.1) is 0 Å². The third kappa shape index (κ3) is 3.22. The molecule has 16 heavy (non-hydrogen) atoms. The number of nitrogens with one attached hydrogen (secondary N) is 1. The minimum absolute atomic E-state index is 0.747. The van der Waals surface area contributed by atoms with E-state index in [1.165, 1.54) is 28.4 Å². The second kappa shape index (κ2) is 5.19. The number of aryl methyl sites for hydroxylation is 2. The molecule has 2 rings (SSSR count). The molecule has 0 unspecified atom stereocenters. The highest BCUT2D eigenvalue weighted by Crippen LogP contribution is 2.26. The molecule has 0 saturated heterocycles. The molecule has 0 atom stereocenters. The molecule has 88 valence electrons. The van der Waals surface area contributed by atoms with Crippen molar-refractivity contribution < 1.29 is 4.74 Å². The molecular weight excluding hydrogens is 266 g/mol. The summed E-state index contributed by atoms with van der Waals surface area (Å²) in [4.78, 5) is 0. The third-order valence-electron chi connectivity index (χ3n) is 2.79. The van der Waals surface area contributed by atoms with Crippen LogP contribution < -0.4 is 10.1 Å². The maximum atomic E-state index is 5.72. The van der Waals surface area contributed by atoms with Crippen molar-refractivity contribution in [2.75, 3.05) is 13.2 Å². The van der Waals surface area contributed by atoms with Gasteiger partial charge in [0.15, 0.2) is 0 Å². The summed E-state index contributed by atoms with van der Waals surface area (Å²) in [6.07, 6.45) is 2.66. The quantitative estimate of drug-likeness (QED) is 0.838. The topological polar surface area (TPSA) is 21.3 Å². The smallest absolute Gasteiger partial charge is 0.119 e. The lowest BCUT2D eigenvalue weighted by molar-refractivity contribution is 0.313. The van der Waals surface area contributed by atoms with E-state index in [0.717, 1.165) is 24.9 Å². The summed E-state index contributed by atoms with van der Waals surface area (Å²) in [5, 5.41) is 3.43. The minimum atomic E-state index is 0.747. The van der Waals surface area contributed by atoms with Crippen molar-refractivity contribution in [1.29, 1.82) is 0 Å². The molecule has 1 fully saturated rings. The standard InChI is InChI=1S/C13H18BrNO/c1-9-7-12(8-10(2)13(9)14)16-6-5-15-11-3-4-11/h7-8,11,15H,3-6H2,1-2H3. The number of hydrogen-bond acceptors (Lipinski definition) is 2. The van der Waals surface area contributed by atoms with Crippen molar-refractivity contribution in [2.45, 2.75) is 32.7 Å². The second-order valence-corrected chi connectivity index (χ2v) is 5.24. The van der Waals surface area contributed by atoms with Gasteiger partial charge < -0.3 is 10.1 Å². The summed E-state index contributed by atoms with van der Waals surface area (Å²) in [5.74, 6) is 0.968. The maximum absolute atomic E-state index is 5.72. The Kier molecular flexibility index (Phi) is 3.87. The Morgan fingerprint density at radius 1 is 1.31 bits per heavy atom. The van der Waals surface area contributed by atoms with E-state index in [1.54, 1.807) is 0 Å². The van der Waals surface area contributed by atoms with Gasteiger partial charge in [0, 0.05) is 17.1 Å². The molecule has 1 saturated carbocycles. The van der Waals surface area contributed by atoms with Crippen molar-refractivity contribution in [3.05, 3.63) is 27.7 Å². The van der Waals surface area contributed by atoms with Crippen molar-refractivity contribution >= 4 is 15.9 Å². The van der Waals surface area contributed by atoms with Crippen molar-refractivity contribution in [3.63, 3.8) is 0 Å². The van der Waals surface area contributed by atoms with Crippen LogP contribution in [-0.2, 0) is 0 Å². The number of hydrogen-bond donors (Lipinski definition) is 1. The van der Waals surface area contributed by atoms with Crippen LogP contribution in [-0.4, -0.2) is 19.2 Å². The third-order valence-corrected chi connectivity index (χ3v) is 4.04. The van der Waals surface area contributed by atoms with E-state index in [9.17, 15) is 0 Å². The molecule has 0 bridgehead atoms. The lowest BCUT2D eigenvalue weighted by Gasteiger charge is -2.10. The SMILES string of the molecule is Cc1cc(OCCNC2CC2)cc(C)c1Br. The Balaban J connectivity index is 1.83. The first-order valence-corrected chi connectivity index (χ1v) is 6.59. The number of rotatable bonds is 5. The number of ether oxygens (including phenoxy) is 1. The molecule has 1 aliphatic rings. The van der Waals surface area contributed by atoms with Gasteiger partial charge >= 0.3 is 0 Å². The highest BCUT2D eigenvalue weighted by atomic mass is 79.9. The van der Waals surface area contributed by atoms with Crippen LogP contribution >= 0.6 is 15.9 Å². The molecule has 1 aromatic rings. The van der Waals surface area contributed by atoms with Crippen LogP contribution in [0.5, 0.6) is 5.75 Å². The molecule has 0 amide bonds. The Labute approximate surface area is 106 Å². The molecule has 1 N–H and O–H groups in total. The summed E-state index contributed by atoms with van der Waals surface area (Å²) in [6.45, 7) is 5.87. The fourth-order valence-corrected chi connectivity index (χ4v) is 1.94. The Bertz CT molecular complexity index is 351. The van der Waals surface area contributed by atoms with Gasteiger partial charge in [0.25, 0.3) is 0 Å². The Morgan fingerprint density at radius 2 is 1.94 bits per heavy atom. The molecule has 0 radical (unpaired) electrons. The summed E-state index contributed by atoms with van der Waals surface area (Å²) in [6, 6.07) is 4.92. The summed E-state index contributed by atoms with van der Waals surface area (Å²) < 4.78 is 6.89. The van der Waals surface area contributed by atoms with Crippen LogP contribution in [0.15, 0.2) is 16.6 Å². The van der Waals surface area contributed by atoms with E-state index >= 15 is 0 Å². The molecule has 0 aromatic heterocycles. The first kappa shape index (κ1) is 11.9. The largest absolute Gasteiger partial charge is 0.492 e. The fraction of sp³-hybridized carbons (Fsp3) is 0.538. The predicted molar refractivity (Wildman–Crippen MR) is 70.1 cm³/mol. The molecule has 1 aromatic carbocycles. The monoisotopic (exact) mass is 283 g/mol. The van der Waals surface area contributed by atoms with Crippen molar-refractivity contribution in [2.24, 2.45) is 0 Å². The van der Waals surface area contributed by atoms with Crippen LogP contribution in [0, 0.1) is 13.8 Å². The van der Waals surface area contributed by atoms with Gasteiger partial charge in [-0.15, -0.1) is 0 Å². The highest BCUT2D eigenvalue weighted by Gasteiger charge is 2.19. The fourth-order valence-electron chi connectivity index (χ4n) is 1.71. The average Bonchev–Trinajstić information content (AvgIpc) is 3.04. The summed E-state index contributed by atoms with van der Waals surface area (Å²) in [5.41, 5.74) is 2.45. The predicted octanol–water partition coefficient (Wildman–Crippen LogP) is 3.20. The van der Waals surface area contributed by atoms with Gasteiger partial charge in [-0.25, -0.2) is 0 Å². The lowest BCUT2D eigenvalue weighted by atomic mass is 10.1. The molecular formula is C13H18BrNO. The average molecular weight is 284 g/mol. The maximum Gasteiger partial charge on any atom is 0.119 e. The van der Waals surface area contributed by atoms with E-state index in [2.05, 4.69) is 47.2 Å². The van der Waals surface area contributed by atoms with Crippen molar-refractivity contribution in [3.8, 4) is 5.75 Å². The normalized spacial score (nSPS) is 15.2. The van der Waals surface area contributed by atoms with E-state index in [0.29, 0.717) is 0 Å². The number of benzene rings is 1. The summed E-state index contributed by atoms with van der Waals surface area (Å²) in [7, 11) is 0. The second-order valence-electron chi connectivity index (χ2n) is 4.45. The van der Waals surface area contributed by atoms with Crippen LogP contribution in [0.3, 0.4) is 0 Å². The molecule has 0 aliphatic heterocycles. The van der Waals surface area contributed by atoms with Gasteiger partial charge in [0.1, 0.15) is 12.4 Å². The van der Waals surface area contributed by atoms with Gasteiger partial charge in [-0.05, 0) is 49.9 Å². The molecule has 0 heterocycles. The van der Waals surface area contributed by atoms with E-state index in [4.69, 9.17) is 4.74 Å². The lowest BCUT2D eigenvalue weighted by Crippen LogP contribution is -2.22. The number of halogens is 1.